The van der Waals surface area contributed by atoms with Crippen molar-refractivity contribution in [2.75, 3.05) is 0 Å². The summed E-state index contributed by atoms with van der Waals surface area (Å²) < 4.78 is 1.67. The predicted molar refractivity (Wildman–Crippen MR) is 67.1 cm³/mol. The third-order valence-corrected chi connectivity index (χ3v) is 3.53. The van der Waals surface area contributed by atoms with Crippen molar-refractivity contribution in [2.45, 2.75) is 17.3 Å². The van der Waals surface area contributed by atoms with Gasteiger partial charge < -0.3 is 0 Å². The first-order valence-electron chi connectivity index (χ1n) is 5.28. The van der Waals surface area contributed by atoms with Gasteiger partial charge in [-0.2, -0.15) is 5.10 Å². The minimum absolute atomic E-state index is 0.110. The number of hydrogen-bond acceptors (Lipinski definition) is 4. The number of rotatable bonds is 4. The number of nitrogens with zero attached hydrogens (tertiary/aromatic N) is 3. The van der Waals surface area contributed by atoms with Gasteiger partial charge in [-0.25, -0.2) is 9.67 Å². The maximum Gasteiger partial charge on any atom is 0.186 e. The maximum atomic E-state index is 12.1. The highest BCUT2D eigenvalue weighted by atomic mass is 32.2. The van der Waals surface area contributed by atoms with E-state index in [2.05, 4.69) is 10.1 Å². The summed E-state index contributed by atoms with van der Waals surface area (Å²) in [6.07, 6.45) is 1.49. The number of carbonyl (C=O) groups is 1. The molecule has 0 fully saturated rings. The van der Waals surface area contributed by atoms with E-state index in [1.54, 1.807) is 4.68 Å². The van der Waals surface area contributed by atoms with Crippen molar-refractivity contribution in [3.63, 3.8) is 0 Å². The molecule has 0 aliphatic carbocycles. The van der Waals surface area contributed by atoms with Gasteiger partial charge >= 0.3 is 0 Å². The molecule has 2 rings (SSSR count). The smallest absolute Gasteiger partial charge is 0.186 e. The Labute approximate surface area is 104 Å². The van der Waals surface area contributed by atoms with Crippen LogP contribution < -0.4 is 0 Å². The molecular formula is C12H13N3OS. The SMILES string of the molecule is CC(Sc1ncnn1C)C(=O)c1ccccc1. The third kappa shape index (κ3) is 2.74. The fourth-order valence-corrected chi connectivity index (χ4v) is 2.31. The second kappa shape index (κ2) is 5.14. The third-order valence-electron chi connectivity index (χ3n) is 2.38. The van der Waals surface area contributed by atoms with Crippen LogP contribution in [0, 0.1) is 0 Å². The molecule has 0 amide bonds. The van der Waals surface area contributed by atoms with Gasteiger partial charge in [0.15, 0.2) is 10.9 Å². The van der Waals surface area contributed by atoms with Crippen molar-refractivity contribution in [1.82, 2.24) is 14.8 Å². The van der Waals surface area contributed by atoms with E-state index in [1.807, 2.05) is 44.3 Å². The Hall–Kier alpha value is -1.62. The number of ketones is 1. The van der Waals surface area contributed by atoms with Gasteiger partial charge in [-0.05, 0) is 6.92 Å². The molecule has 1 atom stereocenters. The molecule has 88 valence electrons. The zero-order valence-electron chi connectivity index (χ0n) is 9.70. The molecule has 1 aromatic carbocycles. The lowest BCUT2D eigenvalue weighted by atomic mass is 10.1. The molecule has 0 bridgehead atoms. The van der Waals surface area contributed by atoms with E-state index in [-0.39, 0.29) is 11.0 Å². The molecule has 1 unspecified atom stereocenters. The number of benzene rings is 1. The molecule has 0 radical (unpaired) electrons. The monoisotopic (exact) mass is 247 g/mol. The van der Waals surface area contributed by atoms with E-state index in [1.165, 1.54) is 18.1 Å². The quantitative estimate of drug-likeness (QED) is 0.613. The Morgan fingerprint density at radius 3 is 2.65 bits per heavy atom. The van der Waals surface area contributed by atoms with Gasteiger partial charge in [0.25, 0.3) is 0 Å². The van der Waals surface area contributed by atoms with Crippen molar-refractivity contribution in [3.05, 3.63) is 42.2 Å². The van der Waals surface area contributed by atoms with Crippen LogP contribution in [0.5, 0.6) is 0 Å². The molecule has 0 aliphatic heterocycles. The van der Waals surface area contributed by atoms with E-state index in [0.29, 0.717) is 0 Å². The zero-order chi connectivity index (χ0) is 12.3. The largest absolute Gasteiger partial charge is 0.293 e. The Kier molecular flexibility index (Phi) is 3.58. The molecule has 4 nitrogen and oxygen atoms in total. The van der Waals surface area contributed by atoms with E-state index >= 15 is 0 Å². The molecule has 1 heterocycles. The molecule has 1 aromatic heterocycles. The van der Waals surface area contributed by atoms with Crippen molar-refractivity contribution < 1.29 is 4.79 Å². The summed E-state index contributed by atoms with van der Waals surface area (Å²) in [5.74, 6) is 0.110. The number of hydrogen-bond donors (Lipinski definition) is 0. The summed E-state index contributed by atoms with van der Waals surface area (Å²) in [6, 6.07) is 9.29. The van der Waals surface area contributed by atoms with Crippen molar-refractivity contribution in [1.29, 1.82) is 0 Å². The van der Waals surface area contributed by atoms with Crippen molar-refractivity contribution >= 4 is 17.5 Å². The van der Waals surface area contributed by atoms with Crippen LogP contribution in [-0.2, 0) is 7.05 Å². The van der Waals surface area contributed by atoms with Gasteiger partial charge in [-0.1, -0.05) is 42.1 Å². The summed E-state index contributed by atoms with van der Waals surface area (Å²) >= 11 is 1.42. The first-order valence-corrected chi connectivity index (χ1v) is 6.16. The maximum absolute atomic E-state index is 12.1. The minimum atomic E-state index is -0.166. The second-order valence-corrected chi connectivity index (χ2v) is 4.96. The van der Waals surface area contributed by atoms with Gasteiger partial charge in [-0.3, -0.25) is 4.79 Å². The molecule has 0 N–H and O–H groups in total. The fourth-order valence-electron chi connectivity index (χ4n) is 1.44. The first-order chi connectivity index (χ1) is 8.18. The Balaban J connectivity index is 2.09. The molecule has 17 heavy (non-hydrogen) atoms. The first kappa shape index (κ1) is 11.9. The van der Waals surface area contributed by atoms with Crippen LogP contribution in [0.1, 0.15) is 17.3 Å². The molecular weight excluding hydrogens is 234 g/mol. The predicted octanol–water partition coefficient (Wildman–Crippen LogP) is 2.18. The van der Waals surface area contributed by atoms with Gasteiger partial charge in [0.1, 0.15) is 6.33 Å². The summed E-state index contributed by atoms with van der Waals surface area (Å²) in [7, 11) is 1.81. The van der Waals surface area contributed by atoms with Crippen LogP contribution in [0.15, 0.2) is 41.8 Å². The van der Waals surface area contributed by atoms with Gasteiger partial charge in [0.05, 0.1) is 5.25 Å². The lowest BCUT2D eigenvalue weighted by Gasteiger charge is -2.08. The number of Topliss-reactive ketones (excluding diaryl/α,β-unsaturated/α-hetero) is 1. The normalized spacial score (nSPS) is 12.4. The highest BCUT2D eigenvalue weighted by Crippen LogP contribution is 2.22. The molecule has 2 aromatic rings. The van der Waals surface area contributed by atoms with E-state index in [9.17, 15) is 4.79 Å². The molecule has 0 aliphatic rings. The number of aryl methyl sites for hydroxylation is 1. The Morgan fingerprint density at radius 2 is 2.06 bits per heavy atom. The van der Waals surface area contributed by atoms with Gasteiger partial charge in [-0.15, -0.1) is 0 Å². The highest BCUT2D eigenvalue weighted by Gasteiger charge is 2.18. The summed E-state index contributed by atoms with van der Waals surface area (Å²) in [4.78, 5) is 16.2. The summed E-state index contributed by atoms with van der Waals surface area (Å²) in [6.45, 7) is 1.88. The topological polar surface area (TPSA) is 47.8 Å². The fraction of sp³-hybridized carbons (Fsp3) is 0.250. The second-order valence-electron chi connectivity index (χ2n) is 3.66. The highest BCUT2D eigenvalue weighted by molar-refractivity contribution is 8.00. The average molecular weight is 247 g/mol. The van der Waals surface area contributed by atoms with Crippen molar-refractivity contribution in [2.24, 2.45) is 7.05 Å². The van der Waals surface area contributed by atoms with Crippen LogP contribution in [0.4, 0.5) is 0 Å². The number of thioether (sulfide) groups is 1. The standard InChI is InChI=1S/C12H13N3OS/c1-9(17-12-13-8-14-15(12)2)11(16)10-6-4-3-5-7-10/h3-9H,1-2H3. The molecule has 0 spiro atoms. The molecule has 5 heteroatoms. The van der Waals surface area contributed by atoms with Crippen LogP contribution in [-0.4, -0.2) is 25.8 Å². The van der Waals surface area contributed by atoms with Gasteiger partial charge in [0, 0.05) is 12.6 Å². The van der Waals surface area contributed by atoms with E-state index in [0.717, 1.165) is 10.7 Å². The number of aromatic nitrogens is 3. The van der Waals surface area contributed by atoms with Crippen LogP contribution in [0.3, 0.4) is 0 Å². The van der Waals surface area contributed by atoms with E-state index in [4.69, 9.17) is 0 Å². The molecule has 0 saturated carbocycles. The van der Waals surface area contributed by atoms with E-state index < -0.39 is 0 Å². The molecule has 0 saturated heterocycles. The Morgan fingerprint density at radius 1 is 1.35 bits per heavy atom. The Bertz CT molecular complexity index is 509. The lowest BCUT2D eigenvalue weighted by Crippen LogP contribution is -2.14. The van der Waals surface area contributed by atoms with Crippen LogP contribution >= 0.6 is 11.8 Å². The van der Waals surface area contributed by atoms with Crippen LogP contribution in [0.2, 0.25) is 0 Å². The lowest BCUT2D eigenvalue weighted by molar-refractivity contribution is 0.0994. The summed E-state index contributed by atoms with van der Waals surface area (Å²) in [5, 5.41) is 4.56. The zero-order valence-corrected chi connectivity index (χ0v) is 10.5. The summed E-state index contributed by atoms with van der Waals surface area (Å²) in [5.41, 5.74) is 0.731. The van der Waals surface area contributed by atoms with Crippen LogP contribution in [0.25, 0.3) is 0 Å². The average Bonchev–Trinajstić information content (AvgIpc) is 2.75. The van der Waals surface area contributed by atoms with Gasteiger partial charge in [0.2, 0.25) is 0 Å². The van der Waals surface area contributed by atoms with Crippen molar-refractivity contribution in [3.8, 4) is 0 Å². The minimum Gasteiger partial charge on any atom is -0.293 e. The number of carbonyl (C=O) groups excluding carboxylic acids is 1.